The first kappa shape index (κ1) is 13.5. The number of halogens is 1. The molecule has 0 saturated heterocycles. The van der Waals surface area contributed by atoms with Gasteiger partial charge in [0.05, 0.1) is 5.69 Å². The van der Waals surface area contributed by atoms with Gasteiger partial charge in [0.2, 0.25) is 0 Å². The van der Waals surface area contributed by atoms with Crippen LogP contribution in [0.5, 0.6) is 0 Å². The number of aryl methyl sites for hydroxylation is 1. The van der Waals surface area contributed by atoms with Gasteiger partial charge in [-0.2, -0.15) is 0 Å². The van der Waals surface area contributed by atoms with Crippen LogP contribution in [0.15, 0.2) is 29.1 Å². The molecule has 2 aromatic rings. The van der Waals surface area contributed by atoms with E-state index in [0.717, 1.165) is 16.2 Å². The van der Waals surface area contributed by atoms with Crippen LogP contribution >= 0.6 is 11.3 Å². The van der Waals surface area contributed by atoms with E-state index < -0.39 is 5.97 Å². The molecule has 1 aromatic heterocycles. The minimum absolute atomic E-state index is 0.307. The van der Waals surface area contributed by atoms with Crippen LogP contribution in [0.3, 0.4) is 0 Å². The number of aromatic nitrogens is 1. The molecule has 0 atom stereocenters. The highest BCUT2D eigenvalue weighted by Gasteiger charge is 2.17. The van der Waals surface area contributed by atoms with Gasteiger partial charge >= 0.3 is 10.8 Å². The van der Waals surface area contributed by atoms with Crippen LogP contribution in [0.25, 0.3) is 11.3 Å². The zero-order valence-corrected chi connectivity index (χ0v) is 11.0. The van der Waals surface area contributed by atoms with E-state index in [1.165, 1.54) is 16.7 Å². The van der Waals surface area contributed by atoms with E-state index in [1.807, 2.05) is 6.92 Å². The number of carboxylic acid groups (broad SMARTS) is 1. The molecule has 0 aliphatic carbocycles. The highest BCUT2D eigenvalue weighted by molar-refractivity contribution is 7.09. The Kier molecular flexibility index (Phi) is 3.80. The first-order chi connectivity index (χ1) is 9.02. The van der Waals surface area contributed by atoms with Crippen molar-refractivity contribution >= 4 is 17.3 Å². The summed E-state index contributed by atoms with van der Waals surface area (Å²) < 4.78 is 14.2. The zero-order chi connectivity index (χ0) is 14.0. The summed E-state index contributed by atoms with van der Waals surface area (Å²) in [6.45, 7) is 1.51. The molecule has 100 valence electrons. The summed E-state index contributed by atoms with van der Waals surface area (Å²) in [4.78, 5) is 23.2. The number of hydrogen-bond donors (Lipinski definition) is 1. The standard InChI is InChI=1S/C13H12FNO3S/c1-2-10-12(8-3-5-9(14)6-4-8)15(7-11(16)17)13(18)19-10/h3-6H,2,7H2,1H3,(H,16,17). The predicted molar refractivity (Wildman–Crippen MR) is 71.0 cm³/mol. The Hall–Kier alpha value is -1.95. The van der Waals surface area contributed by atoms with Crippen molar-refractivity contribution in [3.8, 4) is 11.3 Å². The normalized spacial score (nSPS) is 10.6. The molecule has 0 aliphatic heterocycles. The number of nitrogens with zero attached hydrogens (tertiary/aromatic N) is 1. The molecule has 0 spiro atoms. The molecule has 0 aliphatic rings. The molecule has 0 bridgehead atoms. The minimum Gasteiger partial charge on any atom is -0.480 e. The molecule has 6 heteroatoms. The molecule has 4 nitrogen and oxygen atoms in total. The van der Waals surface area contributed by atoms with E-state index in [1.54, 1.807) is 12.1 Å². The molecule has 0 saturated carbocycles. The van der Waals surface area contributed by atoms with Crippen molar-refractivity contribution < 1.29 is 14.3 Å². The van der Waals surface area contributed by atoms with Crippen molar-refractivity contribution in [3.05, 3.63) is 44.6 Å². The highest BCUT2D eigenvalue weighted by atomic mass is 32.1. The second-order valence-corrected chi connectivity index (χ2v) is 5.03. The third-order valence-electron chi connectivity index (χ3n) is 2.70. The summed E-state index contributed by atoms with van der Waals surface area (Å²) in [5.41, 5.74) is 1.22. The molecule has 0 fully saturated rings. The van der Waals surface area contributed by atoms with Gasteiger partial charge in [-0.3, -0.25) is 14.2 Å². The first-order valence-corrected chi connectivity index (χ1v) is 6.54. The van der Waals surface area contributed by atoms with Crippen LogP contribution in [0.4, 0.5) is 4.39 Å². The first-order valence-electron chi connectivity index (χ1n) is 5.73. The number of thiazole rings is 1. The fourth-order valence-electron chi connectivity index (χ4n) is 1.89. The quantitative estimate of drug-likeness (QED) is 0.936. The number of carbonyl (C=O) groups is 1. The van der Waals surface area contributed by atoms with Crippen LogP contribution in [0, 0.1) is 5.82 Å². The van der Waals surface area contributed by atoms with E-state index in [2.05, 4.69) is 0 Å². The second kappa shape index (κ2) is 5.36. The molecule has 2 rings (SSSR count). The molecule has 0 radical (unpaired) electrons. The van der Waals surface area contributed by atoms with Crippen molar-refractivity contribution in [1.29, 1.82) is 0 Å². The zero-order valence-electron chi connectivity index (χ0n) is 10.2. The van der Waals surface area contributed by atoms with E-state index in [9.17, 15) is 14.0 Å². The summed E-state index contributed by atoms with van der Waals surface area (Å²) >= 11 is 1.03. The summed E-state index contributed by atoms with van der Waals surface area (Å²) in [5, 5.41) is 8.87. The maximum absolute atomic E-state index is 12.9. The number of rotatable bonds is 4. The third kappa shape index (κ3) is 2.73. The maximum Gasteiger partial charge on any atom is 0.323 e. The monoisotopic (exact) mass is 281 g/mol. The van der Waals surface area contributed by atoms with Crippen LogP contribution < -0.4 is 4.87 Å². The lowest BCUT2D eigenvalue weighted by Crippen LogP contribution is -2.19. The molecule has 1 heterocycles. The summed E-state index contributed by atoms with van der Waals surface area (Å²) in [7, 11) is 0. The number of aliphatic carboxylic acids is 1. The van der Waals surface area contributed by atoms with Crippen LogP contribution in [0.2, 0.25) is 0 Å². The predicted octanol–water partition coefficient (Wildman–Crippen LogP) is 2.36. The van der Waals surface area contributed by atoms with Gasteiger partial charge in [0.25, 0.3) is 0 Å². The van der Waals surface area contributed by atoms with Gasteiger partial charge in [-0.25, -0.2) is 4.39 Å². The Labute approximate surface area is 112 Å². The fraction of sp³-hybridized carbons (Fsp3) is 0.231. The smallest absolute Gasteiger partial charge is 0.323 e. The molecular weight excluding hydrogens is 269 g/mol. The highest BCUT2D eigenvalue weighted by Crippen LogP contribution is 2.26. The van der Waals surface area contributed by atoms with Gasteiger partial charge in [0.1, 0.15) is 12.4 Å². The van der Waals surface area contributed by atoms with Gasteiger partial charge in [-0.05, 0) is 36.2 Å². The van der Waals surface area contributed by atoms with E-state index >= 15 is 0 Å². The molecule has 1 N–H and O–H groups in total. The molecule has 19 heavy (non-hydrogen) atoms. The maximum atomic E-state index is 12.9. The molecule has 0 amide bonds. The Balaban J connectivity index is 2.62. The van der Waals surface area contributed by atoms with Crippen molar-refractivity contribution in [2.75, 3.05) is 0 Å². The summed E-state index contributed by atoms with van der Waals surface area (Å²) in [5.74, 6) is -1.45. The molecule has 1 aromatic carbocycles. The van der Waals surface area contributed by atoms with Crippen molar-refractivity contribution in [3.63, 3.8) is 0 Å². The Morgan fingerprint density at radius 1 is 1.37 bits per heavy atom. The van der Waals surface area contributed by atoms with Crippen LogP contribution in [0.1, 0.15) is 11.8 Å². The minimum atomic E-state index is -1.08. The van der Waals surface area contributed by atoms with Crippen molar-refractivity contribution in [2.24, 2.45) is 0 Å². The van der Waals surface area contributed by atoms with Gasteiger partial charge in [0.15, 0.2) is 0 Å². The second-order valence-electron chi connectivity index (χ2n) is 3.98. The lowest BCUT2D eigenvalue weighted by molar-refractivity contribution is -0.137. The Bertz CT molecular complexity index is 658. The summed E-state index contributed by atoms with van der Waals surface area (Å²) in [6.07, 6.45) is 0.624. The Morgan fingerprint density at radius 3 is 2.53 bits per heavy atom. The summed E-state index contributed by atoms with van der Waals surface area (Å²) in [6, 6.07) is 5.69. The topological polar surface area (TPSA) is 59.3 Å². The molecule has 0 unspecified atom stereocenters. The lowest BCUT2D eigenvalue weighted by atomic mass is 10.1. The SMILES string of the molecule is CCc1sc(=O)n(CC(=O)O)c1-c1ccc(F)cc1. The largest absolute Gasteiger partial charge is 0.480 e. The van der Waals surface area contributed by atoms with Gasteiger partial charge in [0, 0.05) is 4.88 Å². The average molecular weight is 281 g/mol. The van der Waals surface area contributed by atoms with Gasteiger partial charge in [-0.1, -0.05) is 18.3 Å². The van der Waals surface area contributed by atoms with E-state index in [4.69, 9.17) is 5.11 Å². The van der Waals surface area contributed by atoms with E-state index in [0.29, 0.717) is 17.7 Å². The average Bonchev–Trinajstić information content (AvgIpc) is 2.67. The number of carboxylic acids is 1. The van der Waals surface area contributed by atoms with Crippen LogP contribution in [-0.4, -0.2) is 15.6 Å². The number of hydrogen-bond acceptors (Lipinski definition) is 3. The molecular formula is C13H12FNO3S. The van der Waals surface area contributed by atoms with Gasteiger partial charge < -0.3 is 5.11 Å². The van der Waals surface area contributed by atoms with Crippen molar-refractivity contribution in [2.45, 2.75) is 19.9 Å². The van der Waals surface area contributed by atoms with Crippen molar-refractivity contribution in [1.82, 2.24) is 4.57 Å². The van der Waals surface area contributed by atoms with E-state index in [-0.39, 0.29) is 17.2 Å². The lowest BCUT2D eigenvalue weighted by Gasteiger charge is -2.07. The number of benzene rings is 1. The Morgan fingerprint density at radius 2 is 2.00 bits per heavy atom. The van der Waals surface area contributed by atoms with Crippen LogP contribution in [-0.2, 0) is 17.8 Å². The fourth-order valence-corrected chi connectivity index (χ4v) is 2.84. The third-order valence-corrected chi connectivity index (χ3v) is 3.82. The van der Waals surface area contributed by atoms with Gasteiger partial charge in [-0.15, -0.1) is 0 Å².